The number of rotatable bonds is 3. The van der Waals surface area contributed by atoms with Crippen LogP contribution < -0.4 is 4.74 Å². The molecular weight excluding hydrogens is 387 g/mol. The van der Waals surface area contributed by atoms with Crippen molar-refractivity contribution in [3.8, 4) is 10.6 Å². The minimum atomic E-state index is -0.497. The summed E-state index contributed by atoms with van der Waals surface area (Å²) in [5.41, 5.74) is 0.0195. The number of carbonyl (C=O) groups is 1. The molecular formula is C24H22FO3S+. The molecule has 0 radical (unpaired) electrons. The Kier molecular flexibility index (Phi) is 4.79. The highest BCUT2D eigenvalue weighted by molar-refractivity contribution is 7.50. The molecule has 0 amide bonds. The summed E-state index contributed by atoms with van der Waals surface area (Å²) in [5.74, 6) is -0.486. The molecule has 29 heavy (non-hydrogen) atoms. The fourth-order valence-electron chi connectivity index (χ4n) is 3.42. The van der Waals surface area contributed by atoms with Crippen LogP contribution in [0.5, 0.6) is 5.75 Å². The molecule has 0 saturated carbocycles. The summed E-state index contributed by atoms with van der Waals surface area (Å²) in [7, 11) is 0.969. The van der Waals surface area contributed by atoms with Gasteiger partial charge in [0.15, 0.2) is 25.9 Å². The van der Waals surface area contributed by atoms with Crippen molar-refractivity contribution in [3.63, 3.8) is 0 Å². The first kappa shape index (κ1) is 19.4. The second kappa shape index (κ2) is 7.16. The van der Waals surface area contributed by atoms with Crippen molar-refractivity contribution in [3.05, 3.63) is 72.0 Å². The Hall–Kier alpha value is -2.92. The van der Waals surface area contributed by atoms with Crippen LogP contribution in [-0.2, 0) is 4.74 Å². The van der Waals surface area contributed by atoms with Crippen molar-refractivity contribution in [1.29, 1.82) is 0 Å². The highest BCUT2D eigenvalue weighted by atomic mass is 32.2. The summed E-state index contributed by atoms with van der Waals surface area (Å²) in [6.45, 7) is 5.70. The van der Waals surface area contributed by atoms with Crippen molar-refractivity contribution in [2.45, 2.75) is 26.4 Å². The molecule has 0 aliphatic carbocycles. The van der Waals surface area contributed by atoms with E-state index in [0.717, 1.165) is 25.1 Å². The zero-order valence-corrected chi connectivity index (χ0v) is 17.6. The lowest BCUT2D eigenvalue weighted by Gasteiger charge is -2.21. The minimum Gasteiger partial charge on any atom is -0.485 e. The number of fused-ring (bicyclic) bond motifs is 3. The standard InChI is InChI=1S/C24H22FO3S/c1-24(2,3)28-20-14-16(10-11-19(20)25)29-21-8-6-5-7-17(21)18-13-15(23(26)27-4)9-12-22(18)29/h5-14H,1-4H3/q+1. The molecule has 0 bridgehead atoms. The number of carbonyl (C=O) groups excluding carboxylic acids is 1. The molecule has 0 N–H and O–H groups in total. The number of hydrogen-bond donors (Lipinski definition) is 0. The monoisotopic (exact) mass is 409 g/mol. The Bertz CT molecular complexity index is 1230. The number of methoxy groups -OCH3 is 1. The van der Waals surface area contributed by atoms with E-state index < -0.39 is 16.1 Å². The third kappa shape index (κ3) is 3.58. The Morgan fingerprint density at radius 1 is 0.931 bits per heavy atom. The summed E-state index contributed by atoms with van der Waals surface area (Å²) in [6, 6.07) is 18.8. The highest BCUT2D eigenvalue weighted by Gasteiger charge is 2.26. The summed E-state index contributed by atoms with van der Waals surface area (Å²) in [6.07, 6.45) is 0. The minimum absolute atomic E-state index is 0.250. The summed E-state index contributed by atoms with van der Waals surface area (Å²) >= 11 is 0. The molecule has 0 saturated heterocycles. The highest BCUT2D eigenvalue weighted by Crippen LogP contribution is 2.49. The van der Waals surface area contributed by atoms with Gasteiger partial charge >= 0.3 is 5.97 Å². The van der Waals surface area contributed by atoms with Gasteiger partial charge in [-0.2, -0.15) is 0 Å². The van der Waals surface area contributed by atoms with Gasteiger partial charge in [-0.05, 0) is 57.2 Å². The fraction of sp³-hybridized carbons (Fsp3) is 0.208. The van der Waals surface area contributed by atoms with Crippen molar-refractivity contribution >= 4 is 36.6 Å². The lowest BCUT2D eigenvalue weighted by Crippen LogP contribution is -2.23. The van der Waals surface area contributed by atoms with Crippen molar-refractivity contribution in [1.82, 2.24) is 0 Å². The van der Waals surface area contributed by atoms with E-state index in [4.69, 9.17) is 9.47 Å². The molecule has 0 spiro atoms. The predicted molar refractivity (Wildman–Crippen MR) is 117 cm³/mol. The van der Waals surface area contributed by atoms with E-state index in [-0.39, 0.29) is 17.5 Å². The van der Waals surface area contributed by atoms with Gasteiger partial charge in [0.2, 0.25) is 0 Å². The Labute approximate surface area is 171 Å². The second-order valence-electron chi connectivity index (χ2n) is 7.81. The third-order valence-electron chi connectivity index (χ3n) is 4.57. The van der Waals surface area contributed by atoms with Crippen LogP contribution >= 0.6 is 10.5 Å². The van der Waals surface area contributed by atoms with Gasteiger partial charge in [-0.1, -0.05) is 12.1 Å². The number of benzene rings is 3. The fourth-order valence-corrected chi connectivity index (χ4v) is 5.80. The smallest absolute Gasteiger partial charge is 0.337 e. The van der Waals surface area contributed by atoms with Crippen LogP contribution in [0.15, 0.2) is 60.7 Å². The van der Waals surface area contributed by atoms with Crippen molar-refractivity contribution in [2.75, 3.05) is 7.11 Å². The maximum Gasteiger partial charge on any atom is 0.337 e. The molecule has 3 nitrogen and oxygen atoms in total. The molecule has 1 aromatic heterocycles. The van der Waals surface area contributed by atoms with Crippen LogP contribution in [0.4, 0.5) is 4.39 Å². The quantitative estimate of drug-likeness (QED) is 0.275. The first-order valence-electron chi connectivity index (χ1n) is 9.33. The van der Waals surface area contributed by atoms with Gasteiger partial charge in [0.05, 0.1) is 12.7 Å². The number of esters is 1. The van der Waals surface area contributed by atoms with Gasteiger partial charge in [-0.25, -0.2) is 9.18 Å². The van der Waals surface area contributed by atoms with Crippen LogP contribution in [0.2, 0.25) is 0 Å². The van der Waals surface area contributed by atoms with E-state index in [1.165, 1.54) is 13.2 Å². The summed E-state index contributed by atoms with van der Waals surface area (Å²) in [4.78, 5) is 13.0. The SMILES string of the molecule is COC(=O)c1ccc2c(c1)c1ccccc1[s+]2-c1ccc(F)c(OC(C)(C)C)c1. The average molecular weight is 410 g/mol. The van der Waals surface area contributed by atoms with Gasteiger partial charge < -0.3 is 9.47 Å². The normalized spacial score (nSPS) is 12.4. The number of halogens is 1. The molecule has 0 fully saturated rings. The maximum absolute atomic E-state index is 14.4. The molecule has 1 atom stereocenters. The van der Waals surface area contributed by atoms with Crippen LogP contribution in [-0.4, -0.2) is 18.7 Å². The van der Waals surface area contributed by atoms with E-state index in [9.17, 15) is 9.18 Å². The Morgan fingerprint density at radius 2 is 1.66 bits per heavy atom. The third-order valence-corrected chi connectivity index (χ3v) is 6.89. The molecule has 148 valence electrons. The molecule has 5 heteroatoms. The van der Waals surface area contributed by atoms with Crippen molar-refractivity contribution < 1.29 is 18.7 Å². The molecule has 0 aliphatic heterocycles. The number of hydrogen-bond acceptors (Lipinski definition) is 3. The van der Waals surface area contributed by atoms with E-state index in [0.29, 0.717) is 5.56 Å². The molecule has 4 aromatic rings. The maximum atomic E-state index is 14.4. The molecule has 1 heterocycles. The largest absolute Gasteiger partial charge is 0.485 e. The van der Waals surface area contributed by atoms with E-state index in [1.54, 1.807) is 12.1 Å². The lowest BCUT2D eigenvalue weighted by atomic mass is 10.1. The second-order valence-corrected chi connectivity index (χ2v) is 9.77. The van der Waals surface area contributed by atoms with E-state index >= 15 is 0 Å². The topological polar surface area (TPSA) is 35.5 Å². The molecule has 1 unspecified atom stereocenters. The average Bonchev–Trinajstić information content (AvgIpc) is 3.02. The van der Waals surface area contributed by atoms with E-state index in [1.807, 2.05) is 51.1 Å². The molecule has 4 rings (SSSR count). The van der Waals surface area contributed by atoms with Gasteiger partial charge in [0, 0.05) is 33.4 Å². The lowest BCUT2D eigenvalue weighted by molar-refractivity contribution is 0.0601. The van der Waals surface area contributed by atoms with Crippen LogP contribution in [0.25, 0.3) is 25.1 Å². The van der Waals surface area contributed by atoms with Gasteiger partial charge in [0.25, 0.3) is 0 Å². The first-order valence-corrected chi connectivity index (χ1v) is 10.6. The summed E-state index contributed by atoms with van der Waals surface area (Å²) in [5, 5.41) is 2.09. The van der Waals surface area contributed by atoms with Gasteiger partial charge in [0.1, 0.15) is 5.60 Å². The zero-order valence-electron chi connectivity index (χ0n) is 16.8. The summed E-state index contributed by atoms with van der Waals surface area (Å²) < 4.78 is 27.4. The zero-order chi connectivity index (χ0) is 20.8. The van der Waals surface area contributed by atoms with Crippen molar-refractivity contribution in [2.24, 2.45) is 0 Å². The van der Waals surface area contributed by atoms with Gasteiger partial charge in [-0.15, -0.1) is 0 Å². The van der Waals surface area contributed by atoms with Crippen LogP contribution in [0.3, 0.4) is 0 Å². The number of ether oxygens (including phenoxy) is 2. The first-order chi connectivity index (χ1) is 13.8. The predicted octanol–water partition coefficient (Wildman–Crippen LogP) is 6.83. The Balaban J connectivity index is 1.98. The van der Waals surface area contributed by atoms with Crippen LogP contribution in [0.1, 0.15) is 31.1 Å². The number of thiophene rings is 1. The van der Waals surface area contributed by atoms with E-state index in [2.05, 4.69) is 12.1 Å². The Morgan fingerprint density at radius 3 is 2.38 bits per heavy atom. The molecule has 3 aromatic carbocycles. The van der Waals surface area contributed by atoms with Gasteiger partial charge in [-0.3, -0.25) is 0 Å². The molecule has 0 aliphatic rings. The van der Waals surface area contributed by atoms with Crippen LogP contribution in [0, 0.1) is 5.82 Å².